The smallest absolute Gasteiger partial charge is 0.336 e. The predicted octanol–water partition coefficient (Wildman–Crippen LogP) is 4.81. The van der Waals surface area contributed by atoms with Crippen LogP contribution in [-0.4, -0.2) is 31.1 Å². The number of ether oxygens (including phenoxy) is 2. The van der Waals surface area contributed by atoms with Crippen molar-refractivity contribution < 1.29 is 27.9 Å². The van der Waals surface area contributed by atoms with Crippen molar-refractivity contribution in [2.45, 2.75) is 57.5 Å². The third-order valence-electron chi connectivity index (χ3n) is 6.86. The molecule has 1 fully saturated rings. The monoisotopic (exact) mass is 465 g/mol. The molecule has 2 aliphatic heterocycles. The molecule has 7 heteroatoms. The van der Waals surface area contributed by atoms with Crippen molar-refractivity contribution in [3.05, 3.63) is 81.8 Å². The van der Waals surface area contributed by atoms with Gasteiger partial charge in [0.2, 0.25) is 0 Å². The second-order valence-corrected chi connectivity index (χ2v) is 9.25. The van der Waals surface area contributed by atoms with Crippen LogP contribution in [0.4, 0.5) is 4.39 Å². The molecule has 0 radical (unpaired) electrons. The lowest BCUT2D eigenvalue weighted by atomic mass is 9.73. The molecule has 1 aliphatic carbocycles. The molecule has 0 bridgehead atoms. The van der Waals surface area contributed by atoms with E-state index in [-0.39, 0.29) is 36.7 Å². The van der Waals surface area contributed by atoms with Gasteiger partial charge in [-0.1, -0.05) is 12.1 Å². The number of Topliss-reactive ketones (excluding diaryl/α,β-unsaturated/α-hetero) is 1. The molecule has 0 unspecified atom stereocenters. The van der Waals surface area contributed by atoms with E-state index >= 15 is 0 Å². The second kappa shape index (κ2) is 9.22. The minimum atomic E-state index is -0.636. The molecule has 0 saturated carbocycles. The van der Waals surface area contributed by atoms with Crippen LogP contribution in [0.3, 0.4) is 0 Å². The van der Waals surface area contributed by atoms with Gasteiger partial charge in [-0.25, -0.2) is 9.18 Å². The number of dihydropyridines is 1. The van der Waals surface area contributed by atoms with E-state index in [4.69, 9.17) is 13.9 Å². The van der Waals surface area contributed by atoms with Crippen LogP contribution in [0.25, 0.3) is 0 Å². The first-order chi connectivity index (χ1) is 16.4. The minimum Gasteiger partial charge on any atom is -0.465 e. The van der Waals surface area contributed by atoms with E-state index in [0.29, 0.717) is 41.4 Å². The van der Waals surface area contributed by atoms with E-state index in [2.05, 4.69) is 5.32 Å². The maximum Gasteiger partial charge on any atom is 0.336 e. The number of halogens is 1. The summed E-state index contributed by atoms with van der Waals surface area (Å²) in [5, 5.41) is 3.32. The average molecular weight is 466 g/mol. The first kappa shape index (κ1) is 22.6. The standard InChI is InChI=1S/C27H28FNO5/c1-15-5-10-23(34-15)26-24(27(31)33-14-20-4-3-11-32-20)16(2)29-21-12-18(13-22(30)25(21)26)17-6-8-19(28)9-7-17/h5-10,18,20,26,29H,3-4,11-14H2,1-2H3/t18-,20-,26+/m0/s1. The van der Waals surface area contributed by atoms with Crippen molar-refractivity contribution in [2.75, 3.05) is 13.2 Å². The fourth-order valence-corrected chi connectivity index (χ4v) is 5.20. The van der Waals surface area contributed by atoms with Crippen LogP contribution in [0, 0.1) is 12.7 Å². The Hall–Kier alpha value is -3.19. The Morgan fingerprint density at radius 1 is 1.15 bits per heavy atom. The summed E-state index contributed by atoms with van der Waals surface area (Å²) in [7, 11) is 0. The van der Waals surface area contributed by atoms with Gasteiger partial charge in [-0.2, -0.15) is 0 Å². The summed E-state index contributed by atoms with van der Waals surface area (Å²) in [6.45, 7) is 4.52. The molecular formula is C27H28FNO5. The third kappa shape index (κ3) is 4.32. The largest absolute Gasteiger partial charge is 0.465 e. The molecule has 6 nitrogen and oxygen atoms in total. The predicted molar refractivity (Wildman–Crippen MR) is 122 cm³/mol. The van der Waals surface area contributed by atoms with Crippen molar-refractivity contribution in [1.82, 2.24) is 5.32 Å². The van der Waals surface area contributed by atoms with Gasteiger partial charge in [0.1, 0.15) is 23.9 Å². The number of furan rings is 1. The summed E-state index contributed by atoms with van der Waals surface area (Å²) in [6, 6.07) is 9.93. The fraction of sp³-hybridized carbons (Fsp3) is 0.407. The maximum atomic E-state index is 13.5. The number of carbonyl (C=O) groups is 2. The van der Waals surface area contributed by atoms with Crippen LogP contribution < -0.4 is 5.32 Å². The van der Waals surface area contributed by atoms with Gasteiger partial charge < -0.3 is 19.2 Å². The number of rotatable bonds is 5. The lowest BCUT2D eigenvalue weighted by molar-refractivity contribution is -0.142. The summed E-state index contributed by atoms with van der Waals surface area (Å²) in [6.07, 6.45) is 2.59. The maximum absolute atomic E-state index is 13.5. The highest BCUT2D eigenvalue weighted by molar-refractivity contribution is 6.04. The van der Waals surface area contributed by atoms with Crippen LogP contribution in [0.15, 0.2) is 63.4 Å². The normalized spacial score (nSPS) is 24.8. The first-order valence-electron chi connectivity index (χ1n) is 11.7. The number of nitrogens with one attached hydrogen (secondary N) is 1. The second-order valence-electron chi connectivity index (χ2n) is 9.25. The zero-order valence-corrected chi connectivity index (χ0v) is 19.4. The molecule has 0 spiro atoms. The van der Waals surface area contributed by atoms with Gasteiger partial charge in [0.15, 0.2) is 5.78 Å². The zero-order chi connectivity index (χ0) is 23.8. The van der Waals surface area contributed by atoms with Crippen LogP contribution >= 0.6 is 0 Å². The lowest BCUT2D eigenvalue weighted by Gasteiger charge is -2.35. The number of hydrogen-bond acceptors (Lipinski definition) is 6. The lowest BCUT2D eigenvalue weighted by Crippen LogP contribution is -2.36. The van der Waals surface area contributed by atoms with E-state index in [0.717, 1.165) is 24.1 Å². The Labute approximate surface area is 197 Å². The number of benzene rings is 1. The highest BCUT2D eigenvalue weighted by Gasteiger charge is 2.43. The summed E-state index contributed by atoms with van der Waals surface area (Å²) in [4.78, 5) is 26.8. The number of aryl methyl sites for hydroxylation is 1. The van der Waals surface area contributed by atoms with Gasteiger partial charge >= 0.3 is 5.97 Å². The van der Waals surface area contributed by atoms with Gasteiger partial charge in [0.25, 0.3) is 0 Å². The zero-order valence-electron chi connectivity index (χ0n) is 19.4. The van der Waals surface area contributed by atoms with Crippen molar-refractivity contribution in [1.29, 1.82) is 0 Å². The first-order valence-corrected chi connectivity index (χ1v) is 11.7. The van der Waals surface area contributed by atoms with Crippen LogP contribution in [0.1, 0.15) is 61.5 Å². The Balaban J connectivity index is 1.47. The Kier molecular flexibility index (Phi) is 6.13. The van der Waals surface area contributed by atoms with Gasteiger partial charge in [-0.05, 0) is 68.9 Å². The Morgan fingerprint density at radius 3 is 2.62 bits per heavy atom. The fourth-order valence-electron chi connectivity index (χ4n) is 5.20. The van der Waals surface area contributed by atoms with Gasteiger partial charge in [0, 0.05) is 30.0 Å². The Bertz CT molecular complexity index is 1170. The highest BCUT2D eigenvalue weighted by Crippen LogP contribution is 2.46. The summed E-state index contributed by atoms with van der Waals surface area (Å²) < 4.78 is 30.6. The topological polar surface area (TPSA) is 77.8 Å². The minimum absolute atomic E-state index is 0.0564. The molecule has 1 aromatic heterocycles. The van der Waals surface area contributed by atoms with Crippen LogP contribution in [-0.2, 0) is 19.1 Å². The number of hydrogen-bond donors (Lipinski definition) is 1. The molecule has 1 aromatic carbocycles. The molecule has 0 amide bonds. The number of ketones is 1. The third-order valence-corrected chi connectivity index (χ3v) is 6.86. The molecule has 2 aromatic rings. The molecule has 5 rings (SSSR count). The van der Waals surface area contributed by atoms with Crippen LogP contribution in [0.5, 0.6) is 0 Å². The van der Waals surface area contributed by atoms with Crippen molar-refractivity contribution in [2.24, 2.45) is 0 Å². The molecule has 3 heterocycles. The molecule has 3 aliphatic rings. The summed E-state index contributed by atoms with van der Waals surface area (Å²) in [5.74, 6) is -0.294. The number of carbonyl (C=O) groups excluding carboxylic acids is 2. The molecular weight excluding hydrogens is 437 g/mol. The quantitative estimate of drug-likeness (QED) is 0.639. The van der Waals surface area contributed by atoms with E-state index in [9.17, 15) is 14.0 Å². The van der Waals surface area contributed by atoms with Crippen molar-refractivity contribution >= 4 is 11.8 Å². The molecule has 34 heavy (non-hydrogen) atoms. The van der Waals surface area contributed by atoms with Crippen LogP contribution in [0.2, 0.25) is 0 Å². The van der Waals surface area contributed by atoms with Gasteiger partial charge in [0.05, 0.1) is 17.6 Å². The molecule has 178 valence electrons. The van der Waals surface area contributed by atoms with Crippen molar-refractivity contribution in [3.63, 3.8) is 0 Å². The van der Waals surface area contributed by atoms with E-state index in [1.54, 1.807) is 12.1 Å². The van der Waals surface area contributed by atoms with Gasteiger partial charge in [-0.15, -0.1) is 0 Å². The summed E-state index contributed by atoms with van der Waals surface area (Å²) >= 11 is 0. The van der Waals surface area contributed by atoms with E-state index < -0.39 is 11.9 Å². The molecule has 3 atom stereocenters. The SMILES string of the molecule is CC1=C(C(=O)OC[C@@H]2CCCO2)[C@@H](c2ccc(C)o2)C2=C(C[C@H](c3ccc(F)cc3)CC2=O)N1. The van der Waals surface area contributed by atoms with E-state index in [1.165, 1.54) is 12.1 Å². The van der Waals surface area contributed by atoms with Crippen molar-refractivity contribution in [3.8, 4) is 0 Å². The molecule has 1 saturated heterocycles. The Morgan fingerprint density at radius 2 is 1.94 bits per heavy atom. The van der Waals surface area contributed by atoms with Gasteiger partial charge in [-0.3, -0.25) is 4.79 Å². The number of allylic oxidation sites excluding steroid dienone is 3. The van der Waals surface area contributed by atoms with E-state index in [1.807, 2.05) is 26.0 Å². The average Bonchev–Trinajstić information content (AvgIpc) is 3.48. The molecule has 1 N–H and O–H groups in total. The highest BCUT2D eigenvalue weighted by atomic mass is 19.1. The number of esters is 1. The summed E-state index contributed by atoms with van der Waals surface area (Å²) in [5.41, 5.74) is 3.26.